The van der Waals surface area contributed by atoms with Crippen LogP contribution in [0.3, 0.4) is 0 Å². The Morgan fingerprint density at radius 1 is 1.24 bits per heavy atom. The van der Waals surface area contributed by atoms with Crippen molar-refractivity contribution >= 4 is 17.2 Å². The molecule has 5 heteroatoms. The molecule has 5 nitrogen and oxygen atoms in total. The van der Waals surface area contributed by atoms with Gasteiger partial charge in [-0.2, -0.15) is 0 Å². The van der Waals surface area contributed by atoms with Gasteiger partial charge in [-0.3, -0.25) is 0 Å². The van der Waals surface area contributed by atoms with Crippen molar-refractivity contribution in [2.45, 2.75) is 20.0 Å². The lowest BCUT2D eigenvalue weighted by Crippen LogP contribution is -2.24. The van der Waals surface area contributed by atoms with Gasteiger partial charge < -0.3 is 14.5 Å². The van der Waals surface area contributed by atoms with Gasteiger partial charge >= 0.3 is 6.09 Å². The molecule has 2 aromatic carbocycles. The van der Waals surface area contributed by atoms with Crippen LogP contribution in [0.2, 0.25) is 0 Å². The van der Waals surface area contributed by atoms with Gasteiger partial charge in [0.05, 0.1) is 0 Å². The summed E-state index contributed by atoms with van der Waals surface area (Å²) in [7, 11) is 0. The first-order valence-corrected chi connectivity index (χ1v) is 8.01. The minimum atomic E-state index is -0.441. The van der Waals surface area contributed by atoms with Crippen LogP contribution in [0, 0.1) is 18.8 Å². The number of rotatable bonds is 4. The van der Waals surface area contributed by atoms with E-state index in [1.807, 2.05) is 55.5 Å². The van der Waals surface area contributed by atoms with E-state index in [2.05, 4.69) is 22.1 Å². The molecule has 1 N–H and O–H groups in total. The van der Waals surface area contributed by atoms with Gasteiger partial charge in [-0.1, -0.05) is 42.2 Å². The van der Waals surface area contributed by atoms with E-state index >= 15 is 0 Å². The number of carbonyl (C=O) groups is 1. The molecule has 0 saturated heterocycles. The van der Waals surface area contributed by atoms with Crippen LogP contribution >= 0.6 is 0 Å². The number of amides is 1. The van der Waals surface area contributed by atoms with E-state index in [9.17, 15) is 4.79 Å². The quantitative estimate of drug-likeness (QED) is 0.582. The molecule has 1 amide bonds. The zero-order valence-electron chi connectivity index (χ0n) is 13.9. The lowest BCUT2D eigenvalue weighted by Gasteiger charge is -2.05. The lowest BCUT2D eigenvalue weighted by molar-refractivity contribution is 0.140. The molecule has 0 unspecified atom stereocenters. The monoisotopic (exact) mass is 334 g/mol. The molecular formula is C20H18N2O3. The number of nitrogens with one attached hydrogen (secondary N) is 1. The Bertz CT molecular complexity index is 920. The van der Waals surface area contributed by atoms with Crippen molar-refractivity contribution in [1.82, 2.24) is 10.3 Å². The Morgan fingerprint density at radius 3 is 2.92 bits per heavy atom. The lowest BCUT2D eigenvalue weighted by atomic mass is 10.2. The van der Waals surface area contributed by atoms with Crippen molar-refractivity contribution in [2.75, 3.05) is 6.54 Å². The molecule has 0 bridgehead atoms. The van der Waals surface area contributed by atoms with Gasteiger partial charge in [0.25, 0.3) is 0 Å². The number of carbonyl (C=O) groups excluding carboxylic acids is 1. The highest BCUT2D eigenvalue weighted by molar-refractivity contribution is 5.74. The average Bonchev–Trinajstić information content (AvgIpc) is 3.00. The van der Waals surface area contributed by atoms with Crippen LogP contribution in [0.25, 0.3) is 11.1 Å². The summed E-state index contributed by atoms with van der Waals surface area (Å²) in [6.07, 6.45) is 0.0951. The summed E-state index contributed by atoms with van der Waals surface area (Å²) in [5, 5.41) is 2.68. The Morgan fingerprint density at radius 2 is 2.08 bits per heavy atom. The fraction of sp³-hybridized carbons (Fsp3) is 0.200. The summed E-state index contributed by atoms with van der Waals surface area (Å²) in [5.74, 6) is 6.71. The normalized spacial score (nSPS) is 10.1. The van der Waals surface area contributed by atoms with E-state index in [1.54, 1.807) is 0 Å². The van der Waals surface area contributed by atoms with Crippen LogP contribution in [0.15, 0.2) is 52.9 Å². The topological polar surface area (TPSA) is 64.4 Å². The molecule has 0 radical (unpaired) electrons. The summed E-state index contributed by atoms with van der Waals surface area (Å²) in [6, 6.07) is 15.2. The highest BCUT2D eigenvalue weighted by atomic mass is 16.5. The average molecular weight is 334 g/mol. The molecule has 1 heterocycles. The van der Waals surface area contributed by atoms with Crippen molar-refractivity contribution in [2.24, 2.45) is 0 Å². The number of alkyl carbamates (subject to hydrolysis) is 1. The van der Waals surface area contributed by atoms with Crippen LogP contribution < -0.4 is 5.32 Å². The number of nitrogens with zero attached hydrogens (tertiary/aromatic N) is 1. The summed E-state index contributed by atoms with van der Waals surface area (Å²) < 4.78 is 10.6. The first-order valence-electron chi connectivity index (χ1n) is 8.01. The predicted molar refractivity (Wildman–Crippen MR) is 94.9 cm³/mol. The van der Waals surface area contributed by atoms with Crippen LogP contribution in [-0.4, -0.2) is 17.6 Å². The number of benzene rings is 2. The number of fused-ring (bicyclic) bond motifs is 1. The molecule has 3 rings (SSSR count). The third-order valence-electron chi connectivity index (χ3n) is 3.46. The van der Waals surface area contributed by atoms with Gasteiger partial charge in [-0.05, 0) is 23.8 Å². The summed E-state index contributed by atoms with van der Waals surface area (Å²) in [5.41, 5.74) is 3.36. The Balaban J connectivity index is 1.42. The van der Waals surface area contributed by atoms with Crippen molar-refractivity contribution in [3.05, 3.63) is 65.5 Å². The second kappa shape index (κ2) is 8.02. The molecule has 0 fully saturated rings. The fourth-order valence-electron chi connectivity index (χ4n) is 2.28. The summed E-state index contributed by atoms with van der Waals surface area (Å²) in [4.78, 5) is 15.8. The van der Waals surface area contributed by atoms with Crippen molar-refractivity contribution in [3.8, 4) is 11.8 Å². The fourth-order valence-corrected chi connectivity index (χ4v) is 2.28. The molecular weight excluding hydrogens is 316 g/mol. The molecule has 0 spiro atoms. The molecule has 1 aromatic heterocycles. The van der Waals surface area contributed by atoms with Crippen molar-refractivity contribution < 1.29 is 13.9 Å². The van der Waals surface area contributed by atoms with Crippen molar-refractivity contribution in [3.63, 3.8) is 0 Å². The zero-order valence-corrected chi connectivity index (χ0v) is 13.9. The number of hydrogen-bond donors (Lipinski definition) is 1. The van der Waals surface area contributed by atoms with Crippen LogP contribution in [-0.2, 0) is 11.3 Å². The molecule has 3 aromatic rings. The maximum atomic E-state index is 11.6. The maximum absolute atomic E-state index is 11.6. The molecule has 0 aliphatic rings. The maximum Gasteiger partial charge on any atom is 0.407 e. The third-order valence-corrected chi connectivity index (χ3v) is 3.46. The van der Waals surface area contributed by atoms with E-state index in [1.165, 1.54) is 0 Å². The largest absolute Gasteiger partial charge is 0.445 e. The number of ether oxygens (including phenoxy) is 1. The molecule has 25 heavy (non-hydrogen) atoms. The van der Waals surface area contributed by atoms with Gasteiger partial charge in [0.15, 0.2) is 11.5 Å². The van der Waals surface area contributed by atoms with Crippen LogP contribution in [0.4, 0.5) is 4.79 Å². The first-order chi connectivity index (χ1) is 12.2. The van der Waals surface area contributed by atoms with E-state index in [0.29, 0.717) is 18.9 Å². The van der Waals surface area contributed by atoms with E-state index in [-0.39, 0.29) is 6.61 Å². The SMILES string of the molecule is Cc1nc2ccc(C#CCCNC(=O)OCc3ccccc3)cc2o1. The highest BCUT2D eigenvalue weighted by Crippen LogP contribution is 2.16. The molecule has 0 saturated carbocycles. The Labute approximate surface area is 146 Å². The van der Waals surface area contributed by atoms with Gasteiger partial charge in [-0.25, -0.2) is 9.78 Å². The second-order valence-corrected chi connectivity index (χ2v) is 5.46. The molecule has 126 valence electrons. The molecule has 0 aliphatic heterocycles. The van der Waals surface area contributed by atoms with Gasteiger partial charge in [0.2, 0.25) is 0 Å². The third kappa shape index (κ3) is 4.85. The highest BCUT2D eigenvalue weighted by Gasteiger charge is 2.02. The zero-order chi connectivity index (χ0) is 17.5. The van der Waals surface area contributed by atoms with E-state index < -0.39 is 6.09 Å². The number of aromatic nitrogens is 1. The first kappa shape index (κ1) is 16.6. The minimum Gasteiger partial charge on any atom is -0.445 e. The standard InChI is InChI=1S/C20H18N2O3/c1-15-22-18-11-10-16(13-19(18)25-15)7-5-6-12-21-20(23)24-14-17-8-3-2-4-9-17/h2-4,8-11,13H,6,12,14H2,1H3,(H,21,23). The summed E-state index contributed by atoms with van der Waals surface area (Å²) in [6.45, 7) is 2.51. The van der Waals surface area contributed by atoms with E-state index in [0.717, 1.165) is 22.2 Å². The predicted octanol–water partition coefficient (Wildman–Crippen LogP) is 3.80. The van der Waals surface area contributed by atoms with Crippen molar-refractivity contribution in [1.29, 1.82) is 0 Å². The number of aryl methyl sites for hydroxylation is 1. The van der Waals surface area contributed by atoms with Crippen LogP contribution in [0.1, 0.15) is 23.4 Å². The smallest absolute Gasteiger partial charge is 0.407 e. The van der Waals surface area contributed by atoms with Gasteiger partial charge in [0.1, 0.15) is 12.1 Å². The Kier molecular flexibility index (Phi) is 5.32. The number of oxazole rings is 1. The summed E-state index contributed by atoms with van der Waals surface area (Å²) >= 11 is 0. The molecule has 0 aliphatic carbocycles. The van der Waals surface area contributed by atoms with Gasteiger partial charge in [-0.15, -0.1) is 0 Å². The van der Waals surface area contributed by atoms with Gasteiger partial charge in [0, 0.05) is 25.5 Å². The van der Waals surface area contributed by atoms with Crippen LogP contribution in [0.5, 0.6) is 0 Å². The second-order valence-electron chi connectivity index (χ2n) is 5.46. The molecule has 0 atom stereocenters. The minimum absolute atomic E-state index is 0.259. The van der Waals surface area contributed by atoms with E-state index in [4.69, 9.17) is 9.15 Å². The number of hydrogen-bond acceptors (Lipinski definition) is 4. The Hall–Kier alpha value is -3.26.